The van der Waals surface area contributed by atoms with Crippen molar-refractivity contribution in [3.05, 3.63) is 29.8 Å². The quantitative estimate of drug-likeness (QED) is 0.837. The average Bonchev–Trinajstić information content (AvgIpc) is 2.49. The Bertz CT molecular complexity index is 442. The smallest absolute Gasteiger partial charge is 0.255 e. The number of carbonyl (C=O) groups excluding carboxylic acids is 1. The highest BCUT2D eigenvalue weighted by Gasteiger charge is 2.21. The lowest BCUT2D eigenvalue weighted by molar-refractivity contribution is 0.0909. The van der Waals surface area contributed by atoms with E-state index >= 15 is 0 Å². The molecule has 0 aliphatic carbocycles. The number of ether oxygens (including phenoxy) is 1. The van der Waals surface area contributed by atoms with Crippen LogP contribution in [-0.2, 0) is 0 Å². The van der Waals surface area contributed by atoms with Gasteiger partial charge in [0.15, 0.2) is 0 Å². The van der Waals surface area contributed by atoms with Gasteiger partial charge < -0.3 is 20.7 Å². The SMILES string of the molecule is COc1ccccc1C(=O)NC1CCN(CCN)CC1. The van der Waals surface area contributed by atoms with E-state index in [4.69, 9.17) is 10.5 Å². The Kier molecular flexibility index (Phi) is 5.38. The van der Waals surface area contributed by atoms with E-state index in [1.165, 1.54) is 0 Å². The number of carbonyl (C=O) groups is 1. The molecule has 1 amide bonds. The Hall–Kier alpha value is -1.59. The lowest BCUT2D eigenvalue weighted by Gasteiger charge is -2.32. The zero-order valence-electron chi connectivity index (χ0n) is 12.0. The Labute approximate surface area is 120 Å². The number of benzene rings is 1. The Morgan fingerprint density at radius 1 is 1.40 bits per heavy atom. The number of para-hydroxylation sites is 1. The number of hydrogen-bond acceptors (Lipinski definition) is 4. The van der Waals surface area contributed by atoms with Crippen molar-refractivity contribution >= 4 is 5.91 Å². The summed E-state index contributed by atoms with van der Waals surface area (Å²) in [4.78, 5) is 14.6. The molecule has 0 atom stereocenters. The molecule has 1 aromatic carbocycles. The van der Waals surface area contributed by atoms with Gasteiger partial charge in [0.1, 0.15) is 5.75 Å². The first-order valence-electron chi connectivity index (χ1n) is 7.11. The van der Waals surface area contributed by atoms with Crippen LogP contribution >= 0.6 is 0 Å². The number of likely N-dealkylation sites (tertiary alicyclic amines) is 1. The molecule has 1 saturated heterocycles. The fourth-order valence-electron chi connectivity index (χ4n) is 2.58. The van der Waals surface area contributed by atoms with Gasteiger partial charge in [0.05, 0.1) is 12.7 Å². The van der Waals surface area contributed by atoms with Crippen molar-refractivity contribution in [2.45, 2.75) is 18.9 Å². The predicted molar refractivity (Wildman–Crippen MR) is 79.0 cm³/mol. The third kappa shape index (κ3) is 3.71. The summed E-state index contributed by atoms with van der Waals surface area (Å²) in [5.74, 6) is 0.560. The monoisotopic (exact) mass is 277 g/mol. The number of nitrogens with one attached hydrogen (secondary N) is 1. The van der Waals surface area contributed by atoms with E-state index in [0.29, 0.717) is 17.9 Å². The molecule has 1 aromatic rings. The molecule has 2 rings (SSSR count). The standard InChI is InChI=1S/C15H23N3O2/c1-20-14-5-3-2-4-13(14)15(19)17-12-6-9-18(10-7-12)11-8-16/h2-5,12H,6-11,16H2,1H3,(H,17,19). The minimum Gasteiger partial charge on any atom is -0.496 e. The van der Waals surface area contributed by atoms with E-state index in [1.54, 1.807) is 19.2 Å². The van der Waals surface area contributed by atoms with Crippen LogP contribution in [0.25, 0.3) is 0 Å². The molecular weight excluding hydrogens is 254 g/mol. The van der Waals surface area contributed by atoms with Gasteiger partial charge in [-0.25, -0.2) is 0 Å². The van der Waals surface area contributed by atoms with Gasteiger partial charge in [-0.05, 0) is 25.0 Å². The number of nitrogens with two attached hydrogens (primary N) is 1. The zero-order chi connectivity index (χ0) is 14.4. The summed E-state index contributed by atoms with van der Waals surface area (Å²) >= 11 is 0. The Morgan fingerprint density at radius 2 is 2.10 bits per heavy atom. The summed E-state index contributed by atoms with van der Waals surface area (Å²) in [6.07, 6.45) is 1.95. The fraction of sp³-hybridized carbons (Fsp3) is 0.533. The lowest BCUT2D eigenvalue weighted by atomic mass is 10.0. The molecule has 0 spiro atoms. The summed E-state index contributed by atoms with van der Waals surface area (Å²) in [5, 5.41) is 3.10. The summed E-state index contributed by atoms with van der Waals surface area (Å²) < 4.78 is 5.22. The molecule has 110 valence electrons. The maximum absolute atomic E-state index is 12.3. The second-order valence-corrected chi connectivity index (χ2v) is 5.08. The topological polar surface area (TPSA) is 67.6 Å². The van der Waals surface area contributed by atoms with Crippen molar-refractivity contribution in [1.82, 2.24) is 10.2 Å². The van der Waals surface area contributed by atoms with E-state index in [0.717, 1.165) is 32.5 Å². The molecule has 1 heterocycles. The molecule has 3 N–H and O–H groups in total. The summed E-state index contributed by atoms with van der Waals surface area (Å²) in [5.41, 5.74) is 6.15. The average molecular weight is 277 g/mol. The Morgan fingerprint density at radius 3 is 2.75 bits per heavy atom. The number of amides is 1. The van der Waals surface area contributed by atoms with E-state index < -0.39 is 0 Å². The first kappa shape index (κ1) is 14.8. The molecule has 1 aliphatic heterocycles. The molecule has 1 aliphatic rings. The van der Waals surface area contributed by atoms with Crippen LogP contribution in [-0.4, -0.2) is 50.1 Å². The number of rotatable bonds is 5. The van der Waals surface area contributed by atoms with Crippen LogP contribution in [0.5, 0.6) is 5.75 Å². The Balaban J connectivity index is 1.89. The summed E-state index contributed by atoms with van der Waals surface area (Å²) in [6, 6.07) is 7.54. The number of methoxy groups -OCH3 is 1. The van der Waals surface area contributed by atoms with E-state index in [2.05, 4.69) is 10.2 Å². The van der Waals surface area contributed by atoms with E-state index in [1.807, 2.05) is 12.1 Å². The van der Waals surface area contributed by atoms with Crippen LogP contribution in [0.15, 0.2) is 24.3 Å². The highest BCUT2D eigenvalue weighted by molar-refractivity contribution is 5.97. The van der Waals surface area contributed by atoms with Crippen molar-refractivity contribution in [2.24, 2.45) is 5.73 Å². The first-order chi connectivity index (χ1) is 9.74. The van der Waals surface area contributed by atoms with Gasteiger partial charge >= 0.3 is 0 Å². The minimum absolute atomic E-state index is 0.0558. The summed E-state index contributed by atoms with van der Waals surface area (Å²) in [6.45, 7) is 3.62. The third-order valence-corrected chi connectivity index (χ3v) is 3.72. The normalized spacial score (nSPS) is 16.9. The first-order valence-corrected chi connectivity index (χ1v) is 7.11. The highest BCUT2D eigenvalue weighted by atomic mass is 16.5. The van der Waals surface area contributed by atoms with Crippen molar-refractivity contribution in [3.8, 4) is 5.75 Å². The molecular formula is C15H23N3O2. The molecule has 5 nitrogen and oxygen atoms in total. The van der Waals surface area contributed by atoms with Gasteiger partial charge in [0.25, 0.3) is 5.91 Å². The third-order valence-electron chi connectivity index (χ3n) is 3.72. The molecule has 5 heteroatoms. The van der Waals surface area contributed by atoms with Gasteiger partial charge in [-0.1, -0.05) is 12.1 Å². The molecule has 0 unspecified atom stereocenters. The van der Waals surface area contributed by atoms with Crippen LogP contribution in [0.3, 0.4) is 0 Å². The molecule has 0 radical (unpaired) electrons. The summed E-state index contributed by atoms with van der Waals surface area (Å²) in [7, 11) is 1.58. The van der Waals surface area contributed by atoms with Gasteiger partial charge in [-0.3, -0.25) is 4.79 Å². The number of hydrogen-bond donors (Lipinski definition) is 2. The van der Waals surface area contributed by atoms with Crippen molar-refractivity contribution in [1.29, 1.82) is 0 Å². The second kappa shape index (κ2) is 7.26. The van der Waals surface area contributed by atoms with Crippen LogP contribution < -0.4 is 15.8 Å². The molecule has 0 aromatic heterocycles. The van der Waals surface area contributed by atoms with Crippen LogP contribution in [0, 0.1) is 0 Å². The molecule has 0 saturated carbocycles. The maximum atomic E-state index is 12.3. The second-order valence-electron chi connectivity index (χ2n) is 5.08. The predicted octanol–water partition coefficient (Wildman–Crippen LogP) is 0.848. The lowest BCUT2D eigenvalue weighted by Crippen LogP contribution is -2.45. The van der Waals surface area contributed by atoms with Gasteiger partial charge in [0, 0.05) is 32.2 Å². The van der Waals surface area contributed by atoms with Gasteiger partial charge in [-0.2, -0.15) is 0 Å². The number of nitrogens with zero attached hydrogens (tertiary/aromatic N) is 1. The minimum atomic E-state index is -0.0558. The van der Waals surface area contributed by atoms with Crippen molar-refractivity contribution in [2.75, 3.05) is 33.3 Å². The maximum Gasteiger partial charge on any atom is 0.255 e. The highest BCUT2D eigenvalue weighted by Crippen LogP contribution is 2.18. The van der Waals surface area contributed by atoms with Crippen LogP contribution in [0.2, 0.25) is 0 Å². The molecule has 0 bridgehead atoms. The number of piperidine rings is 1. The van der Waals surface area contributed by atoms with Crippen LogP contribution in [0.1, 0.15) is 23.2 Å². The molecule has 1 fully saturated rings. The largest absolute Gasteiger partial charge is 0.496 e. The van der Waals surface area contributed by atoms with Crippen molar-refractivity contribution < 1.29 is 9.53 Å². The van der Waals surface area contributed by atoms with Crippen molar-refractivity contribution in [3.63, 3.8) is 0 Å². The fourth-order valence-corrected chi connectivity index (χ4v) is 2.58. The zero-order valence-corrected chi connectivity index (χ0v) is 12.0. The van der Waals surface area contributed by atoms with Gasteiger partial charge in [0.2, 0.25) is 0 Å². The van der Waals surface area contributed by atoms with Gasteiger partial charge in [-0.15, -0.1) is 0 Å². The van der Waals surface area contributed by atoms with E-state index in [9.17, 15) is 4.79 Å². The molecule has 20 heavy (non-hydrogen) atoms. The van der Waals surface area contributed by atoms with Crippen LogP contribution in [0.4, 0.5) is 0 Å². The van der Waals surface area contributed by atoms with E-state index in [-0.39, 0.29) is 11.9 Å².